The van der Waals surface area contributed by atoms with E-state index >= 15 is 0 Å². The van der Waals surface area contributed by atoms with Crippen LogP contribution in [0.25, 0.3) is 0 Å². The summed E-state index contributed by atoms with van der Waals surface area (Å²) >= 11 is 0. The van der Waals surface area contributed by atoms with Gasteiger partial charge in [-0.05, 0) is 112 Å². The number of amides is 1. The summed E-state index contributed by atoms with van der Waals surface area (Å²) in [6.07, 6.45) is 13.8. The molecule has 8 bridgehead atoms. The van der Waals surface area contributed by atoms with Gasteiger partial charge in [-0.1, -0.05) is 0 Å². The number of hydrogen-bond acceptors (Lipinski definition) is 4. The number of carbonyl (C=O) groups excluding carboxylic acids is 2. The molecule has 5 heteroatoms. The molecule has 0 aromatic rings. The highest BCUT2D eigenvalue weighted by Gasteiger charge is 2.72. The van der Waals surface area contributed by atoms with Crippen LogP contribution in [0, 0.1) is 45.3 Å². The van der Waals surface area contributed by atoms with Crippen LogP contribution in [0.15, 0.2) is 0 Å². The van der Waals surface area contributed by atoms with Crippen molar-refractivity contribution >= 4 is 11.9 Å². The van der Waals surface area contributed by atoms with E-state index in [0.717, 1.165) is 38.5 Å². The first-order chi connectivity index (χ1) is 14.4. The Labute approximate surface area is 179 Å². The Bertz CT molecular complexity index is 747. The topological polar surface area (TPSA) is 75.6 Å². The number of hydrogen-bond donors (Lipinski definition) is 2. The van der Waals surface area contributed by atoms with Gasteiger partial charge in [0, 0.05) is 6.54 Å². The van der Waals surface area contributed by atoms with Crippen molar-refractivity contribution in [3.63, 3.8) is 0 Å². The first-order valence-corrected chi connectivity index (χ1v) is 12.3. The Morgan fingerprint density at radius 2 is 1.30 bits per heavy atom. The monoisotopic (exact) mass is 415 g/mol. The van der Waals surface area contributed by atoms with E-state index in [0.29, 0.717) is 30.2 Å². The van der Waals surface area contributed by atoms with Crippen molar-refractivity contribution in [3.8, 4) is 0 Å². The Balaban J connectivity index is 1.39. The minimum absolute atomic E-state index is 0.00870. The quantitative estimate of drug-likeness (QED) is 0.675. The number of rotatable bonds is 5. The summed E-state index contributed by atoms with van der Waals surface area (Å²) in [4.78, 5) is 26.4. The van der Waals surface area contributed by atoms with Crippen LogP contribution in [0.4, 0.5) is 0 Å². The van der Waals surface area contributed by atoms with Crippen LogP contribution in [0.2, 0.25) is 0 Å². The second kappa shape index (κ2) is 6.24. The first-order valence-electron chi connectivity index (χ1n) is 12.3. The van der Waals surface area contributed by atoms with E-state index in [1.165, 1.54) is 38.5 Å². The molecule has 30 heavy (non-hydrogen) atoms. The molecule has 0 aliphatic heterocycles. The van der Waals surface area contributed by atoms with Gasteiger partial charge in [0.15, 0.2) is 0 Å². The van der Waals surface area contributed by atoms with Crippen molar-refractivity contribution in [2.75, 3.05) is 20.3 Å². The molecule has 8 aliphatic carbocycles. The van der Waals surface area contributed by atoms with Crippen LogP contribution >= 0.6 is 0 Å². The second-order valence-corrected chi connectivity index (χ2v) is 12.5. The molecule has 0 saturated heterocycles. The van der Waals surface area contributed by atoms with Crippen LogP contribution in [0.3, 0.4) is 0 Å². The predicted molar refractivity (Wildman–Crippen MR) is 111 cm³/mol. The molecule has 166 valence electrons. The van der Waals surface area contributed by atoms with Gasteiger partial charge < -0.3 is 15.2 Å². The molecule has 8 rings (SSSR count). The molecule has 4 atom stereocenters. The third-order valence-electron chi connectivity index (χ3n) is 10.7. The molecule has 0 aromatic carbocycles. The number of esters is 1. The normalized spacial score (nSPS) is 52.5. The maximum absolute atomic E-state index is 13.3. The second-order valence-electron chi connectivity index (χ2n) is 12.5. The number of methoxy groups -OCH3 is 1. The van der Waals surface area contributed by atoms with E-state index in [4.69, 9.17) is 4.74 Å². The van der Waals surface area contributed by atoms with Crippen LogP contribution in [-0.2, 0) is 14.3 Å². The van der Waals surface area contributed by atoms with Crippen LogP contribution in [0.5, 0.6) is 0 Å². The highest BCUT2D eigenvalue weighted by atomic mass is 16.5. The summed E-state index contributed by atoms with van der Waals surface area (Å²) in [5.41, 5.74) is -0.0360. The molecule has 0 heterocycles. The maximum Gasteiger partial charge on any atom is 0.311 e. The summed E-state index contributed by atoms with van der Waals surface area (Å²) in [7, 11) is 1.57. The summed E-state index contributed by atoms with van der Waals surface area (Å²) in [5.74, 6) is 2.89. The van der Waals surface area contributed by atoms with E-state index in [9.17, 15) is 14.7 Å². The third kappa shape index (κ3) is 2.45. The van der Waals surface area contributed by atoms with Gasteiger partial charge in [-0.3, -0.25) is 9.59 Å². The predicted octanol–water partition coefficient (Wildman–Crippen LogP) is 3.44. The molecule has 0 radical (unpaired) electrons. The lowest BCUT2D eigenvalue weighted by Gasteiger charge is -2.73. The molecule has 2 N–H and O–H groups in total. The maximum atomic E-state index is 13.3. The van der Waals surface area contributed by atoms with Gasteiger partial charge in [-0.2, -0.15) is 0 Å². The zero-order valence-electron chi connectivity index (χ0n) is 18.4. The molecule has 1 amide bonds. The van der Waals surface area contributed by atoms with E-state index < -0.39 is 0 Å². The first kappa shape index (κ1) is 19.6. The van der Waals surface area contributed by atoms with Crippen LogP contribution in [0.1, 0.15) is 77.0 Å². The summed E-state index contributed by atoms with van der Waals surface area (Å²) in [6.45, 7) is 0.373. The van der Waals surface area contributed by atoms with Crippen molar-refractivity contribution in [2.24, 2.45) is 45.3 Å². The van der Waals surface area contributed by atoms with Gasteiger partial charge >= 0.3 is 5.97 Å². The van der Waals surface area contributed by atoms with E-state index in [-0.39, 0.29) is 40.1 Å². The summed E-state index contributed by atoms with van der Waals surface area (Å²) in [6, 6.07) is 0. The summed E-state index contributed by atoms with van der Waals surface area (Å²) in [5, 5.41) is 12.3. The van der Waals surface area contributed by atoms with Gasteiger partial charge in [0.05, 0.1) is 24.5 Å². The van der Waals surface area contributed by atoms with Gasteiger partial charge in [0.25, 0.3) is 0 Å². The van der Waals surface area contributed by atoms with Crippen molar-refractivity contribution in [3.05, 3.63) is 0 Å². The zero-order chi connectivity index (χ0) is 20.8. The lowest BCUT2D eigenvalue weighted by atomic mass is 9.31. The van der Waals surface area contributed by atoms with E-state index in [2.05, 4.69) is 5.32 Å². The van der Waals surface area contributed by atoms with Crippen molar-refractivity contribution < 1.29 is 19.4 Å². The third-order valence-corrected chi connectivity index (χ3v) is 10.7. The fourth-order valence-electron chi connectivity index (χ4n) is 10.8. The highest BCUT2D eigenvalue weighted by Crippen LogP contribution is 2.78. The largest absolute Gasteiger partial charge is 0.469 e. The fourth-order valence-corrected chi connectivity index (χ4v) is 10.8. The SMILES string of the molecule is COC(=O)C12CC3CC(C1)CC(C14CC5CC(CC(C(=O)NCCO)(C5)C1)C4)(C3)C2. The molecule has 8 saturated carbocycles. The highest BCUT2D eigenvalue weighted by molar-refractivity contribution is 5.83. The van der Waals surface area contributed by atoms with Crippen LogP contribution < -0.4 is 5.32 Å². The van der Waals surface area contributed by atoms with Crippen molar-refractivity contribution in [2.45, 2.75) is 77.0 Å². The number of carbonyl (C=O) groups is 2. The van der Waals surface area contributed by atoms with Gasteiger partial charge in [-0.25, -0.2) is 0 Å². The molecule has 5 nitrogen and oxygen atoms in total. The minimum Gasteiger partial charge on any atom is -0.469 e. The van der Waals surface area contributed by atoms with Crippen molar-refractivity contribution in [1.82, 2.24) is 5.32 Å². The van der Waals surface area contributed by atoms with Gasteiger partial charge in [0.2, 0.25) is 5.91 Å². The number of aliphatic hydroxyl groups is 1. The lowest BCUT2D eigenvalue weighted by molar-refractivity contribution is -0.239. The standard InChI is InChI=1S/C25H37NO4/c1-30-21(29)23-8-18-5-19(9-23)13-25(12-18,15-23)24-10-16-4-17(11-24)7-22(6-16,14-24)20(28)26-2-3-27/h16-19,27H,2-15H2,1H3,(H,26,28). The Kier molecular flexibility index (Phi) is 4.07. The molecule has 0 spiro atoms. The molecule has 4 unspecified atom stereocenters. The molecule has 8 fully saturated rings. The Hall–Kier alpha value is -1.10. The van der Waals surface area contributed by atoms with Crippen LogP contribution in [-0.4, -0.2) is 37.2 Å². The van der Waals surface area contributed by atoms with E-state index in [1.54, 1.807) is 7.11 Å². The molecule has 8 aliphatic rings. The van der Waals surface area contributed by atoms with Gasteiger partial charge in [-0.15, -0.1) is 0 Å². The molecular formula is C25H37NO4. The lowest BCUT2D eigenvalue weighted by Crippen LogP contribution is -2.67. The average molecular weight is 416 g/mol. The number of ether oxygens (including phenoxy) is 1. The Morgan fingerprint density at radius 3 is 1.77 bits per heavy atom. The molecular weight excluding hydrogens is 378 g/mol. The van der Waals surface area contributed by atoms with E-state index in [1.807, 2.05) is 0 Å². The average Bonchev–Trinajstić information content (AvgIpc) is 2.69. The number of aliphatic hydroxyl groups excluding tert-OH is 1. The van der Waals surface area contributed by atoms with Gasteiger partial charge in [0.1, 0.15) is 0 Å². The fraction of sp³-hybridized carbons (Fsp3) is 0.920. The smallest absolute Gasteiger partial charge is 0.311 e. The van der Waals surface area contributed by atoms with Crippen molar-refractivity contribution in [1.29, 1.82) is 0 Å². The Morgan fingerprint density at radius 1 is 0.833 bits per heavy atom. The zero-order valence-corrected chi connectivity index (χ0v) is 18.4. The molecule has 0 aromatic heterocycles. The number of nitrogens with one attached hydrogen (secondary N) is 1. The minimum atomic E-state index is -0.255. The summed E-state index contributed by atoms with van der Waals surface area (Å²) < 4.78 is 5.37.